The molecule has 0 unspecified atom stereocenters. The summed E-state index contributed by atoms with van der Waals surface area (Å²) in [6.45, 7) is 5.73. The molecule has 0 radical (unpaired) electrons. The van der Waals surface area contributed by atoms with E-state index in [2.05, 4.69) is 20.9 Å². The van der Waals surface area contributed by atoms with E-state index in [0.717, 1.165) is 44.1 Å². The van der Waals surface area contributed by atoms with Crippen LogP contribution in [0.15, 0.2) is 24.3 Å². The van der Waals surface area contributed by atoms with E-state index in [1.54, 1.807) is 0 Å². The van der Waals surface area contributed by atoms with Gasteiger partial charge in [-0.3, -0.25) is 4.90 Å². The highest BCUT2D eigenvalue weighted by atomic mass is 16.2. The Morgan fingerprint density at radius 1 is 1.24 bits per heavy atom. The molecule has 2 amide bonds. The van der Waals surface area contributed by atoms with E-state index in [9.17, 15) is 4.79 Å². The Bertz CT molecular complexity index is 440. The normalized spacial score (nSPS) is 15.5. The molecule has 1 heterocycles. The summed E-state index contributed by atoms with van der Waals surface area (Å²) >= 11 is 0. The lowest BCUT2D eigenvalue weighted by molar-refractivity contribution is 0.233. The molecule has 1 aliphatic rings. The molecule has 1 fully saturated rings. The van der Waals surface area contributed by atoms with E-state index in [1.807, 2.05) is 43.3 Å². The third-order valence-corrected chi connectivity index (χ3v) is 3.56. The third kappa shape index (κ3) is 5.24. The highest BCUT2D eigenvalue weighted by Crippen LogP contribution is 2.15. The molecule has 1 aliphatic heterocycles. The van der Waals surface area contributed by atoms with Crippen LogP contribution < -0.4 is 20.9 Å². The van der Waals surface area contributed by atoms with Gasteiger partial charge in [-0.2, -0.15) is 0 Å². The summed E-state index contributed by atoms with van der Waals surface area (Å²) in [7, 11) is 3.98. The molecule has 1 aromatic carbocycles. The SMILES string of the molecule is CN(C)c1ccc(NC(=O)NCCN2CCNCC2)cc1. The Morgan fingerprint density at radius 3 is 2.52 bits per heavy atom. The number of hydrogen-bond donors (Lipinski definition) is 3. The predicted molar refractivity (Wildman–Crippen MR) is 87.1 cm³/mol. The molecule has 1 aromatic rings. The molecule has 0 atom stereocenters. The van der Waals surface area contributed by atoms with E-state index in [0.29, 0.717) is 6.54 Å². The standard InChI is InChI=1S/C15H25N5O/c1-19(2)14-5-3-13(4-6-14)18-15(21)17-9-12-20-10-7-16-8-11-20/h3-6,16H,7-12H2,1-2H3,(H2,17,18,21). The van der Waals surface area contributed by atoms with Gasteiger partial charge in [0.25, 0.3) is 0 Å². The number of carbonyl (C=O) groups is 1. The summed E-state index contributed by atoms with van der Waals surface area (Å²) in [4.78, 5) is 16.2. The van der Waals surface area contributed by atoms with Gasteiger partial charge in [0.15, 0.2) is 0 Å². The van der Waals surface area contributed by atoms with Crippen molar-refractivity contribution in [3.63, 3.8) is 0 Å². The molecule has 0 bridgehead atoms. The Kier molecular flexibility index (Phi) is 5.83. The zero-order chi connectivity index (χ0) is 15.1. The number of nitrogens with zero attached hydrogens (tertiary/aromatic N) is 2. The predicted octanol–water partition coefficient (Wildman–Crippen LogP) is 0.779. The van der Waals surface area contributed by atoms with Crippen LogP contribution >= 0.6 is 0 Å². The van der Waals surface area contributed by atoms with Crippen molar-refractivity contribution in [3.05, 3.63) is 24.3 Å². The van der Waals surface area contributed by atoms with Gasteiger partial charge in [0, 0.05) is 64.7 Å². The van der Waals surface area contributed by atoms with Gasteiger partial charge < -0.3 is 20.9 Å². The Morgan fingerprint density at radius 2 is 1.90 bits per heavy atom. The van der Waals surface area contributed by atoms with Gasteiger partial charge >= 0.3 is 6.03 Å². The van der Waals surface area contributed by atoms with Gasteiger partial charge in [0.05, 0.1) is 0 Å². The van der Waals surface area contributed by atoms with Crippen molar-refractivity contribution in [3.8, 4) is 0 Å². The monoisotopic (exact) mass is 291 g/mol. The first-order valence-corrected chi connectivity index (χ1v) is 7.40. The lowest BCUT2D eigenvalue weighted by Crippen LogP contribution is -2.46. The van der Waals surface area contributed by atoms with Crippen LogP contribution in [0.4, 0.5) is 16.2 Å². The van der Waals surface area contributed by atoms with E-state index in [-0.39, 0.29) is 6.03 Å². The van der Waals surface area contributed by atoms with Gasteiger partial charge in [-0.1, -0.05) is 0 Å². The highest BCUT2D eigenvalue weighted by Gasteiger charge is 2.09. The van der Waals surface area contributed by atoms with Gasteiger partial charge in [-0.25, -0.2) is 4.79 Å². The molecular formula is C15H25N5O. The molecule has 3 N–H and O–H groups in total. The van der Waals surface area contributed by atoms with E-state index < -0.39 is 0 Å². The molecule has 6 heteroatoms. The summed E-state index contributed by atoms with van der Waals surface area (Å²) in [5.74, 6) is 0. The summed E-state index contributed by atoms with van der Waals surface area (Å²) in [5, 5.41) is 9.05. The van der Waals surface area contributed by atoms with Gasteiger partial charge in [-0.05, 0) is 24.3 Å². The van der Waals surface area contributed by atoms with Crippen LogP contribution in [0, 0.1) is 0 Å². The van der Waals surface area contributed by atoms with Crippen molar-refractivity contribution in [1.29, 1.82) is 0 Å². The first-order valence-electron chi connectivity index (χ1n) is 7.40. The number of benzene rings is 1. The van der Waals surface area contributed by atoms with Crippen LogP contribution in [-0.2, 0) is 0 Å². The molecule has 0 saturated carbocycles. The van der Waals surface area contributed by atoms with Crippen molar-refractivity contribution in [1.82, 2.24) is 15.5 Å². The second-order valence-corrected chi connectivity index (χ2v) is 5.41. The van der Waals surface area contributed by atoms with Crippen LogP contribution in [0.2, 0.25) is 0 Å². The lowest BCUT2D eigenvalue weighted by Gasteiger charge is -2.27. The fourth-order valence-electron chi connectivity index (χ4n) is 2.28. The second-order valence-electron chi connectivity index (χ2n) is 5.41. The van der Waals surface area contributed by atoms with E-state index >= 15 is 0 Å². The van der Waals surface area contributed by atoms with Crippen LogP contribution in [0.3, 0.4) is 0 Å². The number of urea groups is 1. The van der Waals surface area contributed by atoms with E-state index in [1.165, 1.54) is 0 Å². The first kappa shape index (κ1) is 15.6. The fraction of sp³-hybridized carbons (Fsp3) is 0.533. The van der Waals surface area contributed by atoms with Crippen LogP contribution in [-0.4, -0.2) is 64.3 Å². The molecule has 1 saturated heterocycles. The van der Waals surface area contributed by atoms with Gasteiger partial charge in [0.1, 0.15) is 0 Å². The Labute approximate surface area is 126 Å². The summed E-state index contributed by atoms with van der Waals surface area (Å²) in [5.41, 5.74) is 1.92. The first-order chi connectivity index (χ1) is 10.1. The molecule has 116 valence electrons. The third-order valence-electron chi connectivity index (χ3n) is 3.56. The molecule has 21 heavy (non-hydrogen) atoms. The molecule has 2 rings (SSSR count). The largest absolute Gasteiger partial charge is 0.378 e. The maximum Gasteiger partial charge on any atom is 0.319 e. The smallest absolute Gasteiger partial charge is 0.319 e. The minimum Gasteiger partial charge on any atom is -0.378 e. The molecular weight excluding hydrogens is 266 g/mol. The summed E-state index contributed by atoms with van der Waals surface area (Å²) in [6.07, 6.45) is 0. The topological polar surface area (TPSA) is 59.6 Å². The maximum absolute atomic E-state index is 11.8. The van der Waals surface area contributed by atoms with E-state index in [4.69, 9.17) is 0 Å². The van der Waals surface area contributed by atoms with Crippen LogP contribution in [0.1, 0.15) is 0 Å². The summed E-state index contributed by atoms with van der Waals surface area (Å²) < 4.78 is 0. The molecule has 0 aliphatic carbocycles. The van der Waals surface area contributed by atoms with Gasteiger partial charge in [-0.15, -0.1) is 0 Å². The van der Waals surface area contributed by atoms with Crippen molar-refractivity contribution < 1.29 is 4.79 Å². The molecule has 0 aromatic heterocycles. The average molecular weight is 291 g/mol. The van der Waals surface area contributed by atoms with Crippen molar-refractivity contribution in [2.45, 2.75) is 0 Å². The number of carbonyl (C=O) groups excluding carboxylic acids is 1. The lowest BCUT2D eigenvalue weighted by atomic mass is 10.2. The minimum atomic E-state index is -0.150. The highest BCUT2D eigenvalue weighted by molar-refractivity contribution is 5.89. The Hall–Kier alpha value is -1.79. The average Bonchev–Trinajstić information content (AvgIpc) is 2.49. The van der Waals surface area contributed by atoms with Crippen LogP contribution in [0.5, 0.6) is 0 Å². The zero-order valence-electron chi connectivity index (χ0n) is 12.9. The number of amides is 2. The number of nitrogens with one attached hydrogen (secondary N) is 3. The molecule has 0 spiro atoms. The Balaban J connectivity index is 1.68. The van der Waals surface area contributed by atoms with Crippen molar-refractivity contribution in [2.24, 2.45) is 0 Å². The number of rotatable bonds is 5. The second kappa shape index (κ2) is 7.85. The number of piperazine rings is 1. The van der Waals surface area contributed by atoms with Crippen molar-refractivity contribution >= 4 is 17.4 Å². The van der Waals surface area contributed by atoms with Crippen molar-refractivity contribution in [2.75, 3.05) is 63.6 Å². The van der Waals surface area contributed by atoms with Crippen LogP contribution in [0.25, 0.3) is 0 Å². The fourth-order valence-corrected chi connectivity index (χ4v) is 2.28. The summed E-state index contributed by atoms with van der Waals surface area (Å²) in [6, 6.07) is 7.63. The maximum atomic E-state index is 11.8. The number of anilines is 2. The number of hydrogen-bond acceptors (Lipinski definition) is 4. The minimum absolute atomic E-state index is 0.150. The molecule has 6 nitrogen and oxygen atoms in total. The quantitative estimate of drug-likeness (QED) is 0.750. The van der Waals surface area contributed by atoms with Gasteiger partial charge in [0.2, 0.25) is 0 Å². The zero-order valence-corrected chi connectivity index (χ0v) is 12.9.